The Morgan fingerprint density at radius 2 is 1.48 bits per heavy atom. The van der Waals surface area contributed by atoms with Crippen molar-refractivity contribution in [1.82, 2.24) is 9.80 Å². The van der Waals surface area contributed by atoms with Crippen molar-refractivity contribution in [3.63, 3.8) is 0 Å². The summed E-state index contributed by atoms with van der Waals surface area (Å²) in [7, 11) is 8.03. The van der Waals surface area contributed by atoms with Gasteiger partial charge in [-0.1, -0.05) is 6.07 Å². The van der Waals surface area contributed by atoms with Crippen LogP contribution < -0.4 is 14.2 Å². The molecule has 0 bridgehead atoms. The van der Waals surface area contributed by atoms with Crippen molar-refractivity contribution in [3.05, 3.63) is 17.7 Å². The van der Waals surface area contributed by atoms with Gasteiger partial charge in [0.2, 0.25) is 11.7 Å². The van der Waals surface area contributed by atoms with Crippen LogP contribution in [0.3, 0.4) is 0 Å². The van der Waals surface area contributed by atoms with Crippen molar-refractivity contribution in [1.29, 1.82) is 0 Å². The van der Waals surface area contributed by atoms with E-state index in [4.69, 9.17) is 18.9 Å². The number of carbonyl (C=O) groups excluding carboxylic acids is 2. The first-order valence-electron chi connectivity index (χ1n) is 9.50. The number of methoxy groups -OCH3 is 3. The van der Waals surface area contributed by atoms with Crippen LogP contribution in [0.1, 0.15) is 32.8 Å². The van der Waals surface area contributed by atoms with Crippen molar-refractivity contribution in [2.24, 2.45) is 0 Å². The Hall–Kier alpha value is -2.64. The highest BCUT2D eigenvalue weighted by molar-refractivity contribution is 5.76. The molecular weight excluding hydrogens is 376 g/mol. The highest BCUT2D eigenvalue weighted by Gasteiger charge is 2.21. The van der Waals surface area contributed by atoms with Crippen LogP contribution in [0.25, 0.3) is 0 Å². The summed E-state index contributed by atoms with van der Waals surface area (Å²) in [6.07, 6.45) is 0.390. The number of carbonyl (C=O) groups is 2. The summed E-state index contributed by atoms with van der Waals surface area (Å²) in [5.41, 5.74) is 0.309. The summed E-state index contributed by atoms with van der Waals surface area (Å²) in [6, 6.07) is 3.66. The molecule has 0 radical (unpaired) electrons. The second-order valence-corrected chi connectivity index (χ2v) is 7.71. The van der Waals surface area contributed by atoms with Crippen LogP contribution in [-0.4, -0.2) is 75.9 Å². The highest BCUT2D eigenvalue weighted by Crippen LogP contribution is 2.40. The van der Waals surface area contributed by atoms with E-state index in [1.54, 1.807) is 46.4 Å². The van der Waals surface area contributed by atoms with Gasteiger partial charge in [0.1, 0.15) is 5.60 Å². The molecule has 8 heteroatoms. The number of nitrogens with zero attached hydrogens (tertiary/aromatic N) is 2. The first kappa shape index (κ1) is 24.4. The predicted octanol–water partition coefficient (Wildman–Crippen LogP) is 2.97. The minimum absolute atomic E-state index is 0.0283. The normalized spacial score (nSPS) is 10.9. The van der Waals surface area contributed by atoms with E-state index in [2.05, 4.69) is 0 Å². The molecule has 0 aromatic heterocycles. The van der Waals surface area contributed by atoms with E-state index in [0.717, 1.165) is 5.56 Å². The number of benzene rings is 1. The summed E-state index contributed by atoms with van der Waals surface area (Å²) >= 11 is 0. The van der Waals surface area contributed by atoms with Gasteiger partial charge >= 0.3 is 6.09 Å². The number of amides is 2. The van der Waals surface area contributed by atoms with Gasteiger partial charge in [-0.3, -0.25) is 4.79 Å². The molecule has 29 heavy (non-hydrogen) atoms. The van der Waals surface area contributed by atoms with Crippen LogP contribution in [-0.2, 0) is 16.0 Å². The Morgan fingerprint density at radius 3 is 2.00 bits per heavy atom. The van der Waals surface area contributed by atoms with Gasteiger partial charge in [-0.05, 0) is 38.8 Å². The van der Waals surface area contributed by atoms with Crippen LogP contribution in [0.4, 0.5) is 4.79 Å². The summed E-state index contributed by atoms with van der Waals surface area (Å²) in [5, 5.41) is 0. The minimum atomic E-state index is -0.550. The molecule has 164 valence electrons. The third-order valence-electron chi connectivity index (χ3n) is 4.30. The molecule has 1 rings (SSSR count). The SMILES string of the molecule is COc1ccc(CCC(=O)N(C)CCN(C)C(=O)OC(C)(C)C)c(OC)c1OC. The summed E-state index contributed by atoms with van der Waals surface area (Å²) in [5.74, 6) is 1.61. The number of ether oxygens (including phenoxy) is 4. The lowest BCUT2D eigenvalue weighted by molar-refractivity contribution is -0.130. The standard InChI is InChI=1S/C21H34N2O6/c1-21(2,3)29-20(25)23(5)14-13-22(4)17(24)12-10-15-9-11-16(26-6)19(28-8)18(15)27-7/h9,11H,10,12-14H2,1-8H3. The lowest BCUT2D eigenvalue weighted by atomic mass is 10.1. The second kappa shape index (κ2) is 10.8. The van der Waals surface area contributed by atoms with Gasteiger partial charge in [0.05, 0.1) is 21.3 Å². The molecule has 0 fully saturated rings. The molecule has 0 saturated carbocycles. The fourth-order valence-electron chi connectivity index (χ4n) is 2.65. The number of rotatable bonds is 9. The van der Waals surface area contributed by atoms with Crippen LogP contribution in [0.15, 0.2) is 12.1 Å². The van der Waals surface area contributed by atoms with Gasteiger partial charge in [0, 0.05) is 33.6 Å². The van der Waals surface area contributed by atoms with Crippen LogP contribution >= 0.6 is 0 Å². The van der Waals surface area contributed by atoms with Crippen molar-refractivity contribution in [3.8, 4) is 17.2 Å². The molecule has 0 N–H and O–H groups in total. The van der Waals surface area contributed by atoms with Crippen LogP contribution in [0.5, 0.6) is 17.2 Å². The molecule has 0 aliphatic carbocycles. The highest BCUT2D eigenvalue weighted by atomic mass is 16.6. The lowest BCUT2D eigenvalue weighted by Gasteiger charge is -2.26. The van der Waals surface area contributed by atoms with Crippen LogP contribution in [0.2, 0.25) is 0 Å². The maximum Gasteiger partial charge on any atom is 0.410 e. The third kappa shape index (κ3) is 7.36. The molecule has 1 aromatic rings. The molecular formula is C21H34N2O6. The van der Waals surface area contributed by atoms with E-state index < -0.39 is 11.7 Å². The Labute approximate surface area is 173 Å². The first-order valence-corrected chi connectivity index (χ1v) is 9.50. The Balaban J connectivity index is 2.63. The monoisotopic (exact) mass is 410 g/mol. The topological polar surface area (TPSA) is 77.5 Å². The zero-order valence-electron chi connectivity index (χ0n) is 18.8. The Kier molecular flexibility index (Phi) is 9.07. The van der Waals surface area contributed by atoms with Gasteiger partial charge in [0.25, 0.3) is 0 Å². The minimum Gasteiger partial charge on any atom is -0.493 e. The van der Waals surface area contributed by atoms with E-state index in [0.29, 0.717) is 43.2 Å². The van der Waals surface area contributed by atoms with E-state index in [1.807, 2.05) is 26.8 Å². The quantitative estimate of drug-likeness (QED) is 0.623. The van der Waals surface area contributed by atoms with Crippen molar-refractivity contribution in [2.45, 2.75) is 39.2 Å². The number of likely N-dealkylation sites (N-methyl/N-ethyl adjacent to an activating group) is 2. The summed E-state index contributed by atoms with van der Waals surface area (Å²) in [4.78, 5) is 27.6. The Bertz CT molecular complexity index is 699. The molecule has 0 aliphatic rings. The molecule has 0 atom stereocenters. The van der Waals surface area contributed by atoms with Gasteiger partial charge in [-0.25, -0.2) is 4.79 Å². The molecule has 0 spiro atoms. The van der Waals surface area contributed by atoms with Crippen molar-refractivity contribution < 1.29 is 28.5 Å². The van der Waals surface area contributed by atoms with E-state index in [-0.39, 0.29) is 5.91 Å². The maximum absolute atomic E-state index is 12.5. The van der Waals surface area contributed by atoms with E-state index in [9.17, 15) is 9.59 Å². The third-order valence-corrected chi connectivity index (χ3v) is 4.30. The molecule has 0 saturated heterocycles. The molecule has 1 aromatic carbocycles. The Morgan fingerprint density at radius 1 is 0.897 bits per heavy atom. The molecule has 2 amide bonds. The summed E-state index contributed by atoms with van der Waals surface area (Å²) < 4.78 is 21.4. The van der Waals surface area contributed by atoms with Crippen LogP contribution in [0, 0.1) is 0 Å². The maximum atomic E-state index is 12.5. The molecule has 0 heterocycles. The van der Waals surface area contributed by atoms with Gasteiger partial charge < -0.3 is 28.7 Å². The summed E-state index contributed by atoms with van der Waals surface area (Å²) in [6.45, 7) is 6.25. The number of hydrogen-bond acceptors (Lipinski definition) is 6. The molecule has 0 aliphatic heterocycles. The van der Waals surface area contributed by atoms with E-state index >= 15 is 0 Å². The lowest BCUT2D eigenvalue weighted by Crippen LogP contribution is -2.40. The number of hydrogen-bond donors (Lipinski definition) is 0. The van der Waals surface area contributed by atoms with Crippen molar-refractivity contribution >= 4 is 12.0 Å². The van der Waals surface area contributed by atoms with Gasteiger partial charge in [-0.2, -0.15) is 0 Å². The fourth-order valence-corrected chi connectivity index (χ4v) is 2.65. The smallest absolute Gasteiger partial charge is 0.410 e. The van der Waals surface area contributed by atoms with Gasteiger partial charge in [-0.15, -0.1) is 0 Å². The predicted molar refractivity (Wildman–Crippen MR) is 111 cm³/mol. The average Bonchev–Trinajstić information content (AvgIpc) is 2.67. The fraction of sp³-hybridized carbons (Fsp3) is 0.619. The zero-order chi connectivity index (χ0) is 22.2. The largest absolute Gasteiger partial charge is 0.493 e. The van der Waals surface area contributed by atoms with Crippen molar-refractivity contribution in [2.75, 3.05) is 48.5 Å². The average molecular weight is 411 g/mol. The number of aryl methyl sites for hydroxylation is 1. The molecule has 8 nitrogen and oxygen atoms in total. The van der Waals surface area contributed by atoms with Gasteiger partial charge in [0.15, 0.2) is 11.5 Å². The van der Waals surface area contributed by atoms with E-state index in [1.165, 1.54) is 4.90 Å². The second-order valence-electron chi connectivity index (χ2n) is 7.71. The molecule has 0 unspecified atom stereocenters. The first-order chi connectivity index (χ1) is 13.5. The zero-order valence-corrected chi connectivity index (χ0v) is 18.8.